The maximum atomic E-state index is 12.7. The van der Waals surface area contributed by atoms with E-state index >= 15 is 0 Å². The molecule has 0 atom stereocenters. The van der Waals surface area contributed by atoms with Crippen LogP contribution in [0, 0.1) is 6.92 Å². The van der Waals surface area contributed by atoms with Crippen LogP contribution in [-0.4, -0.2) is 31.2 Å². The predicted molar refractivity (Wildman–Crippen MR) is 104 cm³/mol. The molecule has 1 N–H and O–H groups in total. The Bertz CT molecular complexity index is 982. The van der Waals surface area contributed by atoms with Gasteiger partial charge in [-0.3, -0.25) is 4.79 Å². The predicted octanol–water partition coefficient (Wildman–Crippen LogP) is 4.15. The Morgan fingerprint density at radius 1 is 1.22 bits per heavy atom. The van der Waals surface area contributed by atoms with Gasteiger partial charge in [-0.2, -0.15) is 0 Å². The first-order valence-electron chi connectivity index (χ1n) is 8.45. The zero-order valence-corrected chi connectivity index (χ0v) is 15.8. The molecule has 27 heavy (non-hydrogen) atoms. The van der Waals surface area contributed by atoms with E-state index in [1.165, 1.54) is 7.11 Å². The third-order valence-corrected chi connectivity index (χ3v) is 4.90. The molecular weight excluding hydrogens is 364 g/mol. The fourth-order valence-electron chi connectivity index (χ4n) is 2.86. The average Bonchev–Trinajstić information content (AvgIpc) is 3.13. The number of thiazole rings is 1. The Labute approximate surface area is 160 Å². The second-order valence-corrected chi connectivity index (χ2v) is 7.05. The fourth-order valence-corrected chi connectivity index (χ4v) is 3.48. The van der Waals surface area contributed by atoms with Gasteiger partial charge in [-0.1, -0.05) is 12.1 Å². The monoisotopic (exact) mass is 382 g/mol. The second kappa shape index (κ2) is 7.28. The Hall–Kier alpha value is -3.06. The molecule has 1 aromatic heterocycles. The number of methoxy groups -OCH3 is 1. The lowest BCUT2D eigenvalue weighted by atomic mass is 10.1. The van der Waals surface area contributed by atoms with E-state index in [2.05, 4.69) is 10.3 Å². The van der Waals surface area contributed by atoms with Crippen molar-refractivity contribution >= 4 is 22.9 Å². The fraction of sp³-hybridized carbons (Fsp3) is 0.200. The van der Waals surface area contributed by atoms with Crippen LogP contribution in [0.15, 0.2) is 41.8 Å². The Morgan fingerprint density at radius 3 is 2.85 bits per heavy atom. The molecule has 6 nitrogen and oxygen atoms in total. The summed E-state index contributed by atoms with van der Waals surface area (Å²) in [4.78, 5) is 17.2. The van der Waals surface area contributed by atoms with E-state index in [-0.39, 0.29) is 5.91 Å². The molecule has 2 aromatic carbocycles. The minimum absolute atomic E-state index is 0.253. The van der Waals surface area contributed by atoms with Crippen molar-refractivity contribution in [1.29, 1.82) is 0 Å². The highest BCUT2D eigenvalue weighted by Gasteiger charge is 2.21. The van der Waals surface area contributed by atoms with Crippen molar-refractivity contribution in [3.63, 3.8) is 0 Å². The number of rotatable bonds is 4. The van der Waals surface area contributed by atoms with Gasteiger partial charge in [0.1, 0.15) is 13.2 Å². The van der Waals surface area contributed by atoms with Crippen LogP contribution in [0.5, 0.6) is 17.2 Å². The van der Waals surface area contributed by atoms with Crippen molar-refractivity contribution in [1.82, 2.24) is 4.98 Å². The van der Waals surface area contributed by atoms with Crippen molar-refractivity contribution in [3.8, 4) is 28.5 Å². The summed E-state index contributed by atoms with van der Waals surface area (Å²) in [6, 6.07) is 10.9. The summed E-state index contributed by atoms with van der Waals surface area (Å²) in [5.41, 5.74) is 2.98. The minimum atomic E-state index is -0.253. The zero-order chi connectivity index (χ0) is 18.8. The molecule has 4 rings (SSSR count). The number of nitrogens with zero attached hydrogens (tertiary/aromatic N) is 1. The molecule has 1 aliphatic heterocycles. The molecule has 138 valence electrons. The second-order valence-electron chi connectivity index (χ2n) is 5.99. The molecule has 0 saturated heterocycles. The number of benzene rings is 2. The molecule has 1 aliphatic rings. The summed E-state index contributed by atoms with van der Waals surface area (Å²) >= 11 is 1.59. The molecule has 0 spiro atoms. The SMILES string of the molecule is COc1cc(C(=O)Nc2cccc(-c3csc(C)n3)c2)cc2c1OCCO2. The number of fused-ring (bicyclic) bond motifs is 1. The number of aromatic nitrogens is 1. The Kier molecular flexibility index (Phi) is 4.68. The van der Waals surface area contributed by atoms with Crippen molar-refractivity contribution in [2.75, 3.05) is 25.6 Å². The van der Waals surface area contributed by atoms with E-state index in [1.807, 2.05) is 36.6 Å². The zero-order valence-electron chi connectivity index (χ0n) is 14.9. The van der Waals surface area contributed by atoms with Crippen molar-refractivity contribution in [2.45, 2.75) is 6.92 Å². The quantitative estimate of drug-likeness (QED) is 0.734. The summed E-state index contributed by atoms with van der Waals surface area (Å²) in [7, 11) is 1.54. The van der Waals surface area contributed by atoms with E-state index < -0.39 is 0 Å². The van der Waals surface area contributed by atoms with Crippen molar-refractivity contribution in [3.05, 3.63) is 52.3 Å². The van der Waals surface area contributed by atoms with Gasteiger partial charge in [0.2, 0.25) is 5.75 Å². The van der Waals surface area contributed by atoms with Gasteiger partial charge in [-0.25, -0.2) is 4.98 Å². The number of hydrogen-bond acceptors (Lipinski definition) is 6. The van der Waals surface area contributed by atoms with E-state index in [1.54, 1.807) is 23.5 Å². The summed E-state index contributed by atoms with van der Waals surface area (Å²) in [5.74, 6) is 1.26. The van der Waals surface area contributed by atoms with Gasteiger partial charge < -0.3 is 19.5 Å². The number of carbonyl (C=O) groups excluding carboxylic acids is 1. The minimum Gasteiger partial charge on any atom is -0.493 e. The number of carbonyl (C=O) groups is 1. The number of aryl methyl sites for hydroxylation is 1. The third kappa shape index (κ3) is 3.59. The molecule has 0 unspecified atom stereocenters. The lowest BCUT2D eigenvalue weighted by Gasteiger charge is -2.21. The van der Waals surface area contributed by atoms with Crippen LogP contribution < -0.4 is 19.5 Å². The number of ether oxygens (including phenoxy) is 3. The largest absolute Gasteiger partial charge is 0.493 e. The van der Waals surface area contributed by atoms with Crippen molar-refractivity contribution < 1.29 is 19.0 Å². The van der Waals surface area contributed by atoms with Gasteiger partial charge in [-0.05, 0) is 31.2 Å². The normalized spacial score (nSPS) is 12.5. The standard InChI is InChI=1S/C20H18N2O4S/c1-12-21-16(11-27-12)13-4-3-5-15(8-13)22-20(23)14-9-17(24-2)19-18(10-14)25-6-7-26-19/h3-5,8-11H,6-7H2,1-2H3,(H,22,23). The lowest BCUT2D eigenvalue weighted by Crippen LogP contribution is -2.18. The number of amides is 1. The van der Waals surface area contributed by atoms with Crippen LogP contribution in [0.1, 0.15) is 15.4 Å². The molecule has 7 heteroatoms. The van der Waals surface area contributed by atoms with Crippen LogP contribution >= 0.6 is 11.3 Å². The molecule has 0 fully saturated rings. The molecule has 0 bridgehead atoms. The van der Waals surface area contributed by atoms with E-state index in [0.717, 1.165) is 16.3 Å². The number of hydrogen-bond donors (Lipinski definition) is 1. The van der Waals surface area contributed by atoms with Crippen LogP contribution in [0.4, 0.5) is 5.69 Å². The first-order valence-corrected chi connectivity index (χ1v) is 9.33. The number of anilines is 1. The average molecular weight is 382 g/mol. The van der Waals surface area contributed by atoms with Crippen molar-refractivity contribution in [2.24, 2.45) is 0 Å². The Balaban J connectivity index is 1.59. The van der Waals surface area contributed by atoms with Gasteiger partial charge in [-0.15, -0.1) is 11.3 Å². The number of nitrogens with one attached hydrogen (secondary N) is 1. The van der Waals surface area contributed by atoms with E-state index in [9.17, 15) is 4.79 Å². The van der Waals surface area contributed by atoms with E-state index in [4.69, 9.17) is 14.2 Å². The van der Waals surface area contributed by atoms with Gasteiger partial charge >= 0.3 is 0 Å². The third-order valence-electron chi connectivity index (χ3n) is 4.13. The van der Waals surface area contributed by atoms with Crippen LogP contribution in [0.2, 0.25) is 0 Å². The van der Waals surface area contributed by atoms with Crippen LogP contribution in [-0.2, 0) is 0 Å². The van der Waals surface area contributed by atoms with Gasteiger partial charge in [0.05, 0.1) is 17.8 Å². The first-order chi connectivity index (χ1) is 13.1. The Morgan fingerprint density at radius 2 is 2.07 bits per heavy atom. The molecule has 0 saturated carbocycles. The maximum Gasteiger partial charge on any atom is 0.255 e. The van der Waals surface area contributed by atoms with Crippen LogP contribution in [0.3, 0.4) is 0 Å². The van der Waals surface area contributed by atoms with Gasteiger partial charge in [0, 0.05) is 22.2 Å². The summed E-state index contributed by atoms with van der Waals surface area (Å²) < 4.78 is 16.5. The maximum absolute atomic E-state index is 12.7. The topological polar surface area (TPSA) is 69.7 Å². The van der Waals surface area contributed by atoms with Gasteiger partial charge in [0.15, 0.2) is 11.5 Å². The van der Waals surface area contributed by atoms with Crippen LogP contribution in [0.25, 0.3) is 11.3 Å². The lowest BCUT2D eigenvalue weighted by molar-refractivity contribution is 0.102. The molecule has 2 heterocycles. The molecular formula is C20H18N2O4S. The molecule has 0 aliphatic carbocycles. The smallest absolute Gasteiger partial charge is 0.255 e. The summed E-state index contributed by atoms with van der Waals surface area (Å²) in [5, 5.41) is 5.92. The molecule has 0 radical (unpaired) electrons. The first kappa shape index (κ1) is 17.4. The van der Waals surface area contributed by atoms with Gasteiger partial charge in [0.25, 0.3) is 5.91 Å². The van der Waals surface area contributed by atoms with E-state index in [0.29, 0.717) is 41.7 Å². The highest BCUT2D eigenvalue weighted by atomic mass is 32.1. The molecule has 1 amide bonds. The summed E-state index contributed by atoms with van der Waals surface area (Å²) in [6.07, 6.45) is 0. The highest BCUT2D eigenvalue weighted by Crippen LogP contribution is 2.40. The summed E-state index contributed by atoms with van der Waals surface area (Å²) in [6.45, 7) is 2.86. The molecule has 3 aromatic rings. The highest BCUT2D eigenvalue weighted by molar-refractivity contribution is 7.09.